The number of benzene rings is 2. The molecule has 0 saturated heterocycles. The minimum atomic E-state index is -0.351. The first kappa shape index (κ1) is 17.0. The number of nitrogens with zero attached hydrogens (tertiary/aromatic N) is 2. The van der Waals surface area contributed by atoms with Crippen molar-refractivity contribution in [1.29, 1.82) is 0 Å². The summed E-state index contributed by atoms with van der Waals surface area (Å²) in [5.74, 6) is 0.554. The van der Waals surface area contributed by atoms with Gasteiger partial charge in [-0.1, -0.05) is 24.3 Å². The Kier molecular flexibility index (Phi) is 4.66. The normalized spacial score (nSPS) is 13.2. The van der Waals surface area contributed by atoms with E-state index in [0.717, 1.165) is 28.5 Å². The van der Waals surface area contributed by atoms with Gasteiger partial charge in [0.25, 0.3) is 0 Å². The average molecular weight is 357 g/mol. The highest BCUT2D eigenvalue weighted by Crippen LogP contribution is 2.33. The highest BCUT2D eigenvalue weighted by molar-refractivity contribution is 5.66. The first-order chi connectivity index (χ1) is 13.3. The molecule has 2 aromatic heterocycles. The molecule has 2 aromatic carbocycles. The molecule has 133 valence electrons. The smallest absolute Gasteiger partial charge is 0.225 e. The number of rotatable bonds is 6. The molecular weight excluding hydrogens is 340 g/mol. The van der Waals surface area contributed by atoms with E-state index in [1.54, 1.807) is 12.4 Å². The number of carbonyl (C=O) groups is 1. The van der Waals surface area contributed by atoms with Crippen LogP contribution in [-0.4, -0.2) is 16.3 Å². The second-order valence-corrected chi connectivity index (χ2v) is 6.19. The molecule has 0 N–H and O–H groups in total. The number of hydrogen-bond acceptors (Lipinski definition) is 5. The highest BCUT2D eigenvalue weighted by atomic mass is 16.3. The quantitative estimate of drug-likeness (QED) is 0.459. The third kappa shape index (κ3) is 3.44. The van der Waals surface area contributed by atoms with E-state index < -0.39 is 0 Å². The van der Waals surface area contributed by atoms with E-state index in [9.17, 15) is 4.79 Å². The van der Waals surface area contributed by atoms with E-state index in [0.29, 0.717) is 11.8 Å². The largest absolute Gasteiger partial charge is 0.445 e. The SMILES string of the molecule is [CH2]C(c1ccc(-c2ncco2)cc1)C(C=O)c1ccc(-c2ncco2)cc1. The molecule has 0 aliphatic carbocycles. The van der Waals surface area contributed by atoms with Gasteiger partial charge in [-0.2, -0.15) is 0 Å². The van der Waals surface area contributed by atoms with Crippen LogP contribution in [0.15, 0.2) is 82.3 Å². The van der Waals surface area contributed by atoms with Crippen LogP contribution >= 0.6 is 0 Å². The fourth-order valence-corrected chi connectivity index (χ4v) is 3.07. The second kappa shape index (κ2) is 7.41. The van der Waals surface area contributed by atoms with Crippen molar-refractivity contribution < 1.29 is 13.6 Å². The zero-order valence-electron chi connectivity index (χ0n) is 14.5. The van der Waals surface area contributed by atoms with E-state index >= 15 is 0 Å². The summed E-state index contributed by atoms with van der Waals surface area (Å²) in [5, 5.41) is 0. The summed E-state index contributed by atoms with van der Waals surface area (Å²) in [6, 6.07) is 15.4. The number of carbonyl (C=O) groups excluding carboxylic acids is 1. The molecule has 0 fully saturated rings. The van der Waals surface area contributed by atoms with Gasteiger partial charge >= 0.3 is 0 Å². The number of hydrogen-bond donors (Lipinski definition) is 0. The summed E-state index contributed by atoms with van der Waals surface area (Å²) in [7, 11) is 0. The van der Waals surface area contributed by atoms with Gasteiger partial charge in [-0.15, -0.1) is 0 Å². The lowest BCUT2D eigenvalue weighted by atomic mass is 9.83. The maximum Gasteiger partial charge on any atom is 0.225 e. The zero-order valence-corrected chi connectivity index (χ0v) is 14.5. The summed E-state index contributed by atoms with van der Waals surface area (Å²) >= 11 is 0. The summed E-state index contributed by atoms with van der Waals surface area (Å²) in [6.07, 6.45) is 7.23. The molecule has 0 aliphatic heterocycles. The maximum atomic E-state index is 11.8. The predicted octanol–water partition coefficient (Wildman–Crippen LogP) is 4.90. The Morgan fingerprint density at radius 2 is 1.26 bits per heavy atom. The maximum absolute atomic E-state index is 11.8. The molecule has 0 bridgehead atoms. The fourth-order valence-electron chi connectivity index (χ4n) is 3.07. The molecule has 5 heteroatoms. The molecule has 2 unspecified atom stereocenters. The van der Waals surface area contributed by atoms with Crippen LogP contribution in [0, 0.1) is 6.92 Å². The van der Waals surface area contributed by atoms with Crippen LogP contribution in [0.2, 0.25) is 0 Å². The highest BCUT2D eigenvalue weighted by Gasteiger charge is 2.21. The second-order valence-electron chi connectivity index (χ2n) is 6.19. The minimum Gasteiger partial charge on any atom is -0.445 e. The van der Waals surface area contributed by atoms with Crippen molar-refractivity contribution in [1.82, 2.24) is 9.97 Å². The Morgan fingerprint density at radius 1 is 0.778 bits per heavy atom. The van der Waals surface area contributed by atoms with Gasteiger partial charge in [-0.25, -0.2) is 9.97 Å². The van der Waals surface area contributed by atoms with Crippen LogP contribution in [-0.2, 0) is 4.79 Å². The van der Waals surface area contributed by atoms with Crippen molar-refractivity contribution in [2.45, 2.75) is 11.8 Å². The molecule has 0 spiro atoms. The van der Waals surface area contributed by atoms with E-state index in [-0.39, 0.29) is 11.8 Å². The van der Waals surface area contributed by atoms with Crippen molar-refractivity contribution in [2.24, 2.45) is 0 Å². The molecule has 27 heavy (non-hydrogen) atoms. The molecule has 2 heterocycles. The molecule has 2 atom stereocenters. The third-order valence-electron chi connectivity index (χ3n) is 4.57. The summed E-state index contributed by atoms with van der Waals surface area (Å²) in [4.78, 5) is 20.1. The number of aromatic nitrogens is 2. The molecule has 1 radical (unpaired) electrons. The monoisotopic (exact) mass is 357 g/mol. The average Bonchev–Trinajstić information content (AvgIpc) is 3.43. The molecule has 0 aliphatic rings. The predicted molar refractivity (Wildman–Crippen MR) is 101 cm³/mol. The van der Waals surface area contributed by atoms with Crippen LogP contribution in [0.5, 0.6) is 0 Å². The van der Waals surface area contributed by atoms with Gasteiger partial charge in [0.05, 0.1) is 12.4 Å². The van der Waals surface area contributed by atoms with Gasteiger partial charge in [0.2, 0.25) is 11.8 Å². The van der Waals surface area contributed by atoms with Crippen LogP contribution in [0.1, 0.15) is 23.0 Å². The Balaban J connectivity index is 1.55. The van der Waals surface area contributed by atoms with Gasteiger partial charge in [-0.3, -0.25) is 0 Å². The molecule has 0 saturated carbocycles. The van der Waals surface area contributed by atoms with Crippen molar-refractivity contribution >= 4 is 6.29 Å². The Labute approximate surface area is 156 Å². The third-order valence-corrected chi connectivity index (χ3v) is 4.57. The molecule has 4 aromatic rings. The Bertz CT molecular complexity index is 989. The lowest BCUT2D eigenvalue weighted by Gasteiger charge is -2.20. The van der Waals surface area contributed by atoms with E-state index in [1.807, 2.05) is 48.5 Å². The van der Waals surface area contributed by atoms with Crippen LogP contribution in [0.3, 0.4) is 0 Å². The standard InChI is InChI=1S/C22H17N2O3/c1-15(16-2-6-18(7-3-16)21-23-10-12-26-21)20(14-25)17-4-8-19(9-5-17)22-24-11-13-27-22/h2-15,20H,1H2. The van der Waals surface area contributed by atoms with Crippen molar-refractivity contribution in [2.75, 3.05) is 0 Å². The number of oxazole rings is 2. The lowest BCUT2D eigenvalue weighted by Crippen LogP contribution is -2.10. The van der Waals surface area contributed by atoms with Gasteiger partial charge in [0, 0.05) is 17.0 Å². The molecule has 0 amide bonds. The van der Waals surface area contributed by atoms with Crippen molar-refractivity contribution in [3.05, 3.63) is 91.5 Å². The summed E-state index contributed by atoms with van der Waals surface area (Å²) < 4.78 is 10.6. The fraction of sp³-hybridized carbons (Fsp3) is 0.0909. The molecular formula is C22H17N2O3. The first-order valence-electron chi connectivity index (χ1n) is 8.54. The minimum absolute atomic E-state index is 0.214. The van der Waals surface area contributed by atoms with Crippen LogP contribution in [0.4, 0.5) is 0 Å². The van der Waals surface area contributed by atoms with Crippen LogP contribution in [0.25, 0.3) is 22.9 Å². The topological polar surface area (TPSA) is 69.1 Å². The van der Waals surface area contributed by atoms with Crippen molar-refractivity contribution in [3.63, 3.8) is 0 Å². The van der Waals surface area contributed by atoms with E-state index in [2.05, 4.69) is 16.9 Å². The Morgan fingerprint density at radius 3 is 1.67 bits per heavy atom. The zero-order chi connectivity index (χ0) is 18.6. The van der Waals surface area contributed by atoms with Crippen molar-refractivity contribution in [3.8, 4) is 22.9 Å². The summed E-state index contributed by atoms with van der Waals surface area (Å²) in [6.45, 7) is 4.22. The van der Waals surface area contributed by atoms with Gasteiger partial charge in [-0.05, 0) is 48.2 Å². The molecule has 4 rings (SSSR count). The Hall–Kier alpha value is -3.47. The van der Waals surface area contributed by atoms with Gasteiger partial charge in [0.1, 0.15) is 18.8 Å². The first-order valence-corrected chi connectivity index (χ1v) is 8.54. The van der Waals surface area contributed by atoms with Gasteiger partial charge < -0.3 is 13.6 Å². The van der Waals surface area contributed by atoms with E-state index in [1.165, 1.54) is 12.5 Å². The number of aldehydes is 1. The molecule has 5 nitrogen and oxygen atoms in total. The van der Waals surface area contributed by atoms with Crippen LogP contribution < -0.4 is 0 Å². The van der Waals surface area contributed by atoms with E-state index in [4.69, 9.17) is 8.83 Å². The summed E-state index contributed by atoms with van der Waals surface area (Å²) in [5.41, 5.74) is 3.62. The van der Waals surface area contributed by atoms with Gasteiger partial charge in [0.15, 0.2) is 0 Å². The lowest BCUT2D eigenvalue weighted by molar-refractivity contribution is -0.109.